The summed E-state index contributed by atoms with van der Waals surface area (Å²) >= 11 is 0. The Hall–Kier alpha value is -3.52. The van der Waals surface area contributed by atoms with Gasteiger partial charge in [-0.25, -0.2) is 0 Å². The van der Waals surface area contributed by atoms with Crippen LogP contribution in [0.3, 0.4) is 0 Å². The van der Waals surface area contributed by atoms with E-state index in [1.807, 2.05) is 36.1 Å². The molecule has 8 nitrogen and oxygen atoms in total. The molecule has 0 fully saturated rings. The Balaban J connectivity index is 1.75. The molecule has 0 aliphatic carbocycles. The fraction of sp³-hybridized carbons (Fsp3) is 0.273. The fourth-order valence-electron chi connectivity index (χ4n) is 3.34. The van der Waals surface area contributed by atoms with Crippen LogP contribution in [0.15, 0.2) is 48.9 Å². The van der Waals surface area contributed by atoms with Gasteiger partial charge in [-0.15, -0.1) is 0 Å². The zero-order valence-electron chi connectivity index (χ0n) is 16.9. The number of nitrogens with zero attached hydrogens (tertiary/aromatic N) is 4. The number of carbonyl (C=O) groups excluding carboxylic acids is 1. The van der Waals surface area contributed by atoms with Gasteiger partial charge < -0.3 is 20.1 Å². The summed E-state index contributed by atoms with van der Waals surface area (Å²) in [4.78, 5) is 28.0. The molecule has 1 aliphatic rings. The topological polar surface area (TPSA) is 100 Å². The minimum atomic E-state index is -0.356. The van der Waals surface area contributed by atoms with Crippen LogP contribution in [-0.4, -0.2) is 51.8 Å². The van der Waals surface area contributed by atoms with Crippen molar-refractivity contribution in [2.45, 2.75) is 19.9 Å². The Labute approximate surface area is 174 Å². The third-order valence-corrected chi connectivity index (χ3v) is 4.85. The smallest absolute Gasteiger partial charge is 0.255 e. The molecule has 0 saturated carbocycles. The van der Waals surface area contributed by atoms with Gasteiger partial charge in [0.25, 0.3) is 5.91 Å². The van der Waals surface area contributed by atoms with Crippen molar-refractivity contribution in [3.63, 3.8) is 0 Å². The molecule has 8 heteroatoms. The predicted molar refractivity (Wildman–Crippen MR) is 113 cm³/mol. The lowest BCUT2D eigenvalue weighted by atomic mass is 10.1. The minimum Gasteiger partial charge on any atom is -0.488 e. The molecule has 3 aromatic heterocycles. The molecule has 1 aliphatic heterocycles. The molecule has 1 amide bonds. The molecule has 0 radical (unpaired) electrons. The molecule has 0 spiro atoms. The third kappa shape index (κ3) is 3.95. The van der Waals surface area contributed by atoms with Gasteiger partial charge in [0.2, 0.25) is 0 Å². The van der Waals surface area contributed by atoms with E-state index in [4.69, 9.17) is 4.74 Å². The molecule has 0 aromatic carbocycles. The molecule has 1 atom stereocenters. The highest BCUT2D eigenvalue weighted by molar-refractivity contribution is 6.00. The normalized spacial score (nSPS) is 13.9. The number of amides is 1. The van der Waals surface area contributed by atoms with Crippen LogP contribution in [0.1, 0.15) is 23.0 Å². The Morgan fingerprint density at radius 3 is 2.93 bits per heavy atom. The number of ether oxygens (including phenoxy) is 1. The Bertz CT molecular complexity index is 1070. The molecule has 0 saturated heterocycles. The molecule has 3 aromatic rings. The molecule has 0 bridgehead atoms. The first-order chi connectivity index (χ1) is 14.6. The van der Waals surface area contributed by atoms with Crippen molar-refractivity contribution in [3.05, 3.63) is 60.2 Å². The third-order valence-electron chi connectivity index (χ3n) is 4.85. The number of aryl methyl sites for hydroxylation is 1. The maximum Gasteiger partial charge on any atom is 0.255 e. The number of aliphatic hydroxyl groups excluding tert-OH is 1. The lowest BCUT2D eigenvalue weighted by Gasteiger charge is -2.32. The number of aliphatic hydroxyl groups is 1. The summed E-state index contributed by atoms with van der Waals surface area (Å²) in [7, 11) is 0. The standard InChI is InChI=1S/C22H23N5O3/c1-14-4-3-5-17(25-14)18-10-20-21(12-24-18)30-9-8-27(20)19-6-7-23-11-16(19)22(29)26-15(2)13-28/h3-7,10-12,15,28H,8-9,13H2,1-2H3,(H,26,29). The second-order valence-electron chi connectivity index (χ2n) is 7.15. The van der Waals surface area contributed by atoms with E-state index in [-0.39, 0.29) is 18.6 Å². The first-order valence-electron chi connectivity index (χ1n) is 9.77. The summed E-state index contributed by atoms with van der Waals surface area (Å²) < 4.78 is 5.80. The van der Waals surface area contributed by atoms with E-state index in [1.54, 1.807) is 25.4 Å². The Morgan fingerprint density at radius 2 is 2.13 bits per heavy atom. The Morgan fingerprint density at radius 1 is 1.27 bits per heavy atom. The average molecular weight is 405 g/mol. The van der Waals surface area contributed by atoms with Crippen LogP contribution < -0.4 is 15.0 Å². The maximum atomic E-state index is 12.8. The summed E-state index contributed by atoms with van der Waals surface area (Å²) in [6, 6.07) is 9.17. The van der Waals surface area contributed by atoms with Crippen molar-refractivity contribution in [2.75, 3.05) is 24.7 Å². The number of fused-ring (bicyclic) bond motifs is 1. The molecule has 2 N–H and O–H groups in total. The minimum absolute atomic E-state index is 0.139. The molecule has 30 heavy (non-hydrogen) atoms. The highest BCUT2D eigenvalue weighted by Gasteiger charge is 2.25. The quantitative estimate of drug-likeness (QED) is 0.673. The molecular weight excluding hydrogens is 382 g/mol. The summed E-state index contributed by atoms with van der Waals surface area (Å²) in [5.41, 5.74) is 4.36. The van der Waals surface area contributed by atoms with E-state index in [0.29, 0.717) is 30.2 Å². The van der Waals surface area contributed by atoms with E-state index in [1.165, 1.54) is 6.20 Å². The second-order valence-corrected chi connectivity index (χ2v) is 7.15. The largest absolute Gasteiger partial charge is 0.488 e. The van der Waals surface area contributed by atoms with Crippen molar-refractivity contribution in [1.29, 1.82) is 0 Å². The number of rotatable bonds is 5. The van der Waals surface area contributed by atoms with E-state index < -0.39 is 0 Å². The highest BCUT2D eigenvalue weighted by Crippen LogP contribution is 2.39. The van der Waals surface area contributed by atoms with Gasteiger partial charge in [-0.2, -0.15) is 0 Å². The Kier molecular flexibility index (Phi) is 5.58. The van der Waals surface area contributed by atoms with E-state index in [2.05, 4.69) is 20.3 Å². The number of pyridine rings is 3. The summed E-state index contributed by atoms with van der Waals surface area (Å²) in [5, 5.41) is 12.1. The van der Waals surface area contributed by atoms with Gasteiger partial charge in [0.05, 0.1) is 47.7 Å². The fourth-order valence-corrected chi connectivity index (χ4v) is 3.34. The molecule has 154 valence electrons. The zero-order chi connectivity index (χ0) is 21.1. The van der Waals surface area contributed by atoms with Gasteiger partial charge in [0.15, 0.2) is 5.75 Å². The van der Waals surface area contributed by atoms with Crippen molar-refractivity contribution in [2.24, 2.45) is 0 Å². The van der Waals surface area contributed by atoms with E-state index >= 15 is 0 Å². The number of nitrogens with one attached hydrogen (secondary N) is 1. The predicted octanol–water partition coefficient (Wildman–Crippen LogP) is 2.49. The molecule has 4 heterocycles. The first-order valence-corrected chi connectivity index (χ1v) is 9.77. The zero-order valence-corrected chi connectivity index (χ0v) is 16.9. The number of carbonyl (C=O) groups is 1. The van der Waals surface area contributed by atoms with Gasteiger partial charge in [-0.1, -0.05) is 6.07 Å². The maximum absolute atomic E-state index is 12.8. The van der Waals surface area contributed by atoms with Crippen molar-refractivity contribution >= 4 is 17.3 Å². The van der Waals surface area contributed by atoms with Crippen LogP contribution in [-0.2, 0) is 0 Å². The van der Waals surface area contributed by atoms with Crippen LogP contribution in [0.2, 0.25) is 0 Å². The van der Waals surface area contributed by atoms with Crippen LogP contribution in [0.25, 0.3) is 11.4 Å². The number of aromatic nitrogens is 3. The van der Waals surface area contributed by atoms with Gasteiger partial charge in [0.1, 0.15) is 6.61 Å². The van der Waals surface area contributed by atoms with Crippen LogP contribution in [0.4, 0.5) is 11.4 Å². The van der Waals surface area contributed by atoms with Crippen molar-refractivity contribution in [3.8, 4) is 17.1 Å². The first kappa shape index (κ1) is 19.8. The van der Waals surface area contributed by atoms with Crippen molar-refractivity contribution < 1.29 is 14.6 Å². The van der Waals surface area contributed by atoms with E-state index in [9.17, 15) is 9.90 Å². The van der Waals surface area contributed by atoms with Crippen LogP contribution >= 0.6 is 0 Å². The summed E-state index contributed by atoms with van der Waals surface area (Å²) in [6.07, 6.45) is 4.88. The van der Waals surface area contributed by atoms with E-state index in [0.717, 1.165) is 22.8 Å². The molecule has 4 rings (SSSR count). The SMILES string of the molecule is Cc1cccc(-c2cc3c(cn2)OCCN3c2ccncc2C(=O)NC(C)CO)n1. The monoisotopic (exact) mass is 405 g/mol. The average Bonchev–Trinajstić information content (AvgIpc) is 2.78. The molecular formula is C22H23N5O3. The van der Waals surface area contributed by atoms with Gasteiger partial charge >= 0.3 is 0 Å². The lowest BCUT2D eigenvalue weighted by Crippen LogP contribution is -2.37. The number of anilines is 2. The summed E-state index contributed by atoms with van der Waals surface area (Å²) in [6.45, 7) is 4.57. The number of hydrogen-bond donors (Lipinski definition) is 2. The number of hydrogen-bond acceptors (Lipinski definition) is 7. The van der Waals surface area contributed by atoms with Crippen molar-refractivity contribution in [1.82, 2.24) is 20.3 Å². The molecule has 1 unspecified atom stereocenters. The van der Waals surface area contributed by atoms with Gasteiger partial charge in [-0.05, 0) is 38.1 Å². The van der Waals surface area contributed by atoms with Gasteiger partial charge in [-0.3, -0.25) is 19.7 Å². The summed E-state index contributed by atoms with van der Waals surface area (Å²) in [5.74, 6) is 0.354. The van der Waals surface area contributed by atoms with Crippen LogP contribution in [0, 0.1) is 6.92 Å². The van der Waals surface area contributed by atoms with Gasteiger partial charge in [0, 0.05) is 24.1 Å². The lowest BCUT2D eigenvalue weighted by molar-refractivity contribution is 0.0922. The second kappa shape index (κ2) is 8.46. The highest BCUT2D eigenvalue weighted by atomic mass is 16.5. The van der Waals surface area contributed by atoms with Crippen LogP contribution in [0.5, 0.6) is 5.75 Å².